The maximum atomic E-state index is 11.6. The van der Waals surface area contributed by atoms with Crippen LogP contribution in [0.15, 0.2) is 23.2 Å². The zero-order valence-corrected chi connectivity index (χ0v) is 17.6. The van der Waals surface area contributed by atoms with Crippen molar-refractivity contribution < 1.29 is 8.42 Å². The van der Waals surface area contributed by atoms with Gasteiger partial charge in [0.15, 0.2) is 5.96 Å². The summed E-state index contributed by atoms with van der Waals surface area (Å²) in [6.07, 6.45) is 2.96. The molecule has 0 radical (unpaired) electrons. The number of halogens is 2. The molecule has 1 unspecified atom stereocenters. The van der Waals surface area contributed by atoms with E-state index in [0.717, 1.165) is 24.9 Å². The predicted octanol–water partition coefficient (Wildman–Crippen LogP) is 2.89. The molecule has 1 aromatic carbocycles. The Morgan fingerprint density at radius 2 is 1.96 bits per heavy atom. The first-order valence-electron chi connectivity index (χ1n) is 8.58. The number of nitrogens with zero attached hydrogens (tertiary/aromatic N) is 2. The third-order valence-electron chi connectivity index (χ3n) is 4.62. The number of hydrogen-bond acceptors (Lipinski definition) is 3. The second-order valence-electron chi connectivity index (χ2n) is 6.60. The van der Waals surface area contributed by atoms with Gasteiger partial charge in [0.2, 0.25) is 10.0 Å². The van der Waals surface area contributed by atoms with Gasteiger partial charge in [-0.05, 0) is 43.4 Å². The van der Waals surface area contributed by atoms with E-state index >= 15 is 0 Å². The van der Waals surface area contributed by atoms with Gasteiger partial charge in [-0.15, -0.1) is 0 Å². The molecule has 0 bridgehead atoms. The van der Waals surface area contributed by atoms with Crippen molar-refractivity contribution in [3.8, 4) is 0 Å². The van der Waals surface area contributed by atoms with Crippen LogP contribution in [0, 0.1) is 5.92 Å². The molecule has 9 heteroatoms. The van der Waals surface area contributed by atoms with Crippen molar-refractivity contribution in [3.05, 3.63) is 33.8 Å². The highest BCUT2D eigenvalue weighted by molar-refractivity contribution is 7.88. The SMILES string of the molecule is CN=C(NCC1CCN(S(C)(=O)=O)CC1)NC(C)c1ccc(Cl)c(Cl)c1. The molecule has 1 fully saturated rings. The number of rotatable bonds is 5. The van der Waals surface area contributed by atoms with Crippen LogP contribution < -0.4 is 10.6 Å². The molecule has 0 aromatic heterocycles. The summed E-state index contributed by atoms with van der Waals surface area (Å²) in [6, 6.07) is 5.57. The van der Waals surface area contributed by atoms with Crippen LogP contribution in [0.1, 0.15) is 31.4 Å². The van der Waals surface area contributed by atoms with E-state index in [0.29, 0.717) is 35.0 Å². The molecule has 0 aliphatic carbocycles. The molecule has 6 nitrogen and oxygen atoms in total. The van der Waals surface area contributed by atoms with Crippen molar-refractivity contribution in [2.45, 2.75) is 25.8 Å². The Hall–Kier alpha value is -1.02. The lowest BCUT2D eigenvalue weighted by molar-refractivity contribution is 0.274. The standard InChI is InChI=1S/C17H26Cl2N4O2S/c1-12(14-4-5-15(18)16(19)10-14)22-17(20-2)21-11-13-6-8-23(9-7-13)26(3,24)25/h4-5,10,12-13H,6-9,11H2,1-3H3,(H2,20,21,22). The lowest BCUT2D eigenvalue weighted by Gasteiger charge is -2.30. The lowest BCUT2D eigenvalue weighted by atomic mass is 9.98. The maximum Gasteiger partial charge on any atom is 0.211 e. The molecule has 1 aliphatic rings. The molecule has 1 aliphatic heterocycles. The molecular formula is C17H26Cl2N4O2S. The first-order chi connectivity index (χ1) is 12.2. The molecule has 1 atom stereocenters. The average Bonchev–Trinajstić information content (AvgIpc) is 2.60. The highest BCUT2D eigenvalue weighted by atomic mass is 35.5. The minimum Gasteiger partial charge on any atom is -0.356 e. The van der Waals surface area contributed by atoms with Gasteiger partial charge in [0.05, 0.1) is 22.3 Å². The number of guanidine groups is 1. The number of hydrogen-bond donors (Lipinski definition) is 2. The fraction of sp³-hybridized carbons (Fsp3) is 0.588. The Bertz CT molecular complexity index is 747. The first kappa shape index (κ1) is 21.3. The van der Waals surface area contributed by atoms with Crippen LogP contribution in [-0.2, 0) is 10.0 Å². The zero-order valence-electron chi connectivity index (χ0n) is 15.3. The van der Waals surface area contributed by atoms with Gasteiger partial charge in [-0.1, -0.05) is 29.3 Å². The van der Waals surface area contributed by atoms with E-state index in [4.69, 9.17) is 23.2 Å². The Labute approximate surface area is 166 Å². The number of piperidine rings is 1. The largest absolute Gasteiger partial charge is 0.356 e. The molecule has 0 amide bonds. The minimum atomic E-state index is -3.08. The van der Waals surface area contributed by atoms with Gasteiger partial charge in [0, 0.05) is 26.7 Å². The smallest absolute Gasteiger partial charge is 0.211 e. The van der Waals surface area contributed by atoms with E-state index in [1.165, 1.54) is 6.26 Å². The van der Waals surface area contributed by atoms with Crippen LogP contribution in [0.3, 0.4) is 0 Å². The fourth-order valence-corrected chi connectivity index (χ4v) is 4.13. The normalized spacial score (nSPS) is 18.6. The van der Waals surface area contributed by atoms with Gasteiger partial charge < -0.3 is 10.6 Å². The summed E-state index contributed by atoms with van der Waals surface area (Å²) in [5, 5.41) is 7.72. The summed E-state index contributed by atoms with van der Waals surface area (Å²) in [6.45, 7) is 3.94. The third-order valence-corrected chi connectivity index (χ3v) is 6.66. The Balaban J connectivity index is 1.84. The van der Waals surface area contributed by atoms with Gasteiger partial charge in [-0.3, -0.25) is 4.99 Å². The van der Waals surface area contributed by atoms with Crippen LogP contribution in [0.4, 0.5) is 0 Å². The van der Waals surface area contributed by atoms with E-state index in [1.54, 1.807) is 17.4 Å². The summed E-state index contributed by atoms with van der Waals surface area (Å²) >= 11 is 12.0. The summed E-state index contributed by atoms with van der Waals surface area (Å²) in [5.74, 6) is 1.13. The quantitative estimate of drug-likeness (QED) is 0.567. The predicted molar refractivity (Wildman–Crippen MR) is 109 cm³/mol. The molecule has 0 spiro atoms. The van der Waals surface area contributed by atoms with E-state index in [1.807, 2.05) is 19.1 Å². The molecule has 1 heterocycles. The molecule has 146 valence electrons. The average molecular weight is 421 g/mol. The van der Waals surface area contributed by atoms with Crippen molar-refractivity contribution in [3.63, 3.8) is 0 Å². The molecular weight excluding hydrogens is 395 g/mol. The third kappa shape index (κ3) is 6.01. The fourth-order valence-electron chi connectivity index (χ4n) is 2.95. The van der Waals surface area contributed by atoms with E-state index in [-0.39, 0.29) is 6.04 Å². The van der Waals surface area contributed by atoms with Crippen molar-refractivity contribution in [2.75, 3.05) is 32.9 Å². The van der Waals surface area contributed by atoms with Crippen molar-refractivity contribution >= 4 is 39.2 Å². The second kappa shape index (κ2) is 9.26. The molecule has 26 heavy (non-hydrogen) atoms. The van der Waals surface area contributed by atoms with E-state index in [2.05, 4.69) is 15.6 Å². The molecule has 1 aromatic rings. The van der Waals surface area contributed by atoms with E-state index < -0.39 is 10.0 Å². The van der Waals surface area contributed by atoms with Gasteiger partial charge in [0.1, 0.15) is 0 Å². The lowest BCUT2D eigenvalue weighted by Crippen LogP contribution is -2.44. The van der Waals surface area contributed by atoms with Crippen LogP contribution >= 0.6 is 23.2 Å². The Morgan fingerprint density at radius 1 is 1.31 bits per heavy atom. The topological polar surface area (TPSA) is 73.8 Å². The van der Waals surface area contributed by atoms with Crippen LogP contribution in [-0.4, -0.2) is 51.6 Å². The van der Waals surface area contributed by atoms with Crippen LogP contribution in [0.2, 0.25) is 10.0 Å². The zero-order chi connectivity index (χ0) is 19.3. The minimum absolute atomic E-state index is 0.0167. The molecule has 1 saturated heterocycles. The number of aliphatic imine (C=N–C) groups is 1. The second-order valence-corrected chi connectivity index (χ2v) is 9.39. The van der Waals surface area contributed by atoms with Crippen LogP contribution in [0.5, 0.6) is 0 Å². The monoisotopic (exact) mass is 420 g/mol. The summed E-state index contributed by atoms with van der Waals surface area (Å²) < 4.78 is 24.7. The summed E-state index contributed by atoms with van der Waals surface area (Å²) in [5.41, 5.74) is 1.02. The number of nitrogens with one attached hydrogen (secondary N) is 2. The van der Waals surface area contributed by atoms with Gasteiger partial charge >= 0.3 is 0 Å². The first-order valence-corrected chi connectivity index (χ1v) is 11.2. The Morgan fingerprint density at radius 3 is 2.50 bits per heavy atom. The molecule has 2 rings (SSSR count). The number of benzene rings is 1. The Kier molecular flexibility index (Phi) is 7.58. The highest BCUT2D eigenvalue weighted by Gasteiger charge is 2.24. The summed E-state index contributed by atoms with van der Waals surface area (Å²) in [4.78, 5) is 4.26. The van der Waals surface area contributed by atoms with Crippen LogP contribution in [0.25, 0.3) is 0 Å². The van der Waals surface area contributed by atoms with Gasteiger partial charge in [-0.25, -0.2) is 12.7 Å². The van der Waals surface area contributed by atoms with E-state index in [9.17, 15) is 8.42 Å². The summed E-state index contributed by atoms with van der Waals surface area (Å²) in [7, 11) is -1.36. The highest BCUT2D eigenvalue weighted by Crippen LogP contribution is 2.25. The van der Waals surface area contributed by atoms with Crippen molar-refractivity contribution in [2.24, 2.45) is 10.9 Å². The van der Waals surface area contributed by atoms with Crippen molar-refractivity contribution in [1.29, 1.82) is 0 Å². The van der Waals surface area contributed by atoms with Gasteiger partial charge in [-0.2, -0.15) is 0 Å². The van der Waals surface area contributed by atoms with Crippen molar-refractivity contribution in [1.82, 2.24) is 14.9 Å². The molecule has 0 saturated carbocycles. The molecule has 2 N–H and O–H groups in total. The maximum absolute atomic E-state index is 11.6. The number of sulfonamides is 1. The van der Waals surface area contributed by atoms with Gasteiger partial charge in [0.25, 0.3) is 0 Å².